The van der Waals surface area contributed by atoms with Crippen molar-refractivity contribution in [2.45, 2.75) is 38.4 Å². The highest BCUT2D eigenvalue weighted by molar-refractivity contribution is 5.97. The molecule has 2 saturated heterocycles. The van der Waals surface area contributed by atoms with Gasteiger partial charge < -0.3 is 18.9 Å². The molecular formula is C17H21N3O4. The molecule has 2 aliphatic heterocycles. The van der Waals surface area contributed by atoms with Gasteiger partial charge in [0.15, 0.2) is 5.79 Å². The van der Waals surface area contributed by atoms with Gasteiger partial charge in [-0.1, -0.05) is 19.0 Å². The SMILES string of the molecule is CC(C)c1noc2ncc(C(=O)N3CCCC4(C3)OCCO4)cc12. The van der Waals surface area contributed by atoms with Gasteiger partial charge in [-0.15, -0.1) is 0 Å². The molecule has 0 atom stereocenters. The Labute approximate surface area is 139 Å². The number of rotatable bonds is 2. The minimum absolute atomic E-state index is 0.0570. The van der Waals surface area contributed by atoms with E-state index in [-0.39, 0.29) is 11.8 Å². The number of nitrogens with zero attached hydrogens (tertiary/aromatic N) is 3. The van der Waals surface area contributed by atoms with Crippen LogP contribution in [0.25, 0.3) is 11.1 Å². The molecule has 2 aliphatic rings. The van der Waals surface area contributed by atoms with Crippen molar-refractivity contribution in [1.29, 1.82) is 0 Å². The molecule has 128 valence electrons. The van der Waals surface area contributed by atoms with Gasteiger partial charge in [0, 0.05) is 19.2 Å². The summed E-state index contributed by atoms with van der Waals surface area (Å²) in [4.78, 5) is 19.0. The minimum atomic E-state index is -0.619. The van der Waals surface area contributed by atoms with Crippen LogP contribution < -0.4 is 0 Å². The second kappa shape index (κ2) is 5.82. The summed E-state index contributed by atoms with van der Waals surface area (Å²) in [5.41, 5.74) is 1.83. The number of aromatic nitrogens is 2. The summed E-state index contributed by atoms with van der Waals surface area (Å²) >= 11 is 0. The molecule has 0 N–H and O–H groups in total. The van der Waals surface area contributed by atoms with E-state index in [2.05, 4.69) is 10.1 Å². The van der Waals surface area contributed by atoms with Crippen LogP contribution in [0.5, 0.6) is 0 Å². The van der Waals surface area contributed by atoms with Gasteiger partial charge in [0.1, 0.15) is 0 Å². The molecule has 4 heterocycles. The number of carbonyl (C=O) groups is 1. The summed E-state index contributed by atoms with van der Waals surface area (Å²) in [5, 5.41) is 4.87. The lowest BCUT2D eigenvalue weighted by molar-refractivity contribution is -0.183. The quantitative estimate of drug-likeness (QED) is 0.840. The number of ether oxygens (including phenoxy) is 2. The number of pyridine rings is 1. The average molecular weight is 331 g/mol. The first kappa shape index (κ1) is 15.5. The maximum Gasteiger partial charge on any atom is 0.257 e. The van der Waals surface area contributed by atoms with Crippen LogP contribution in [0, 0.1) is 0 Å². The fraction of sp³-hybridized carbons (Fsp3) is 0.588. The minimum Gasteiger partial charge on any atom is -0.346 e. The average Bonchev–Trinajstić information content (AvgIpc) is 3.20. The van der Waals surface area contributed by atoms with Crippen LogP contribution in [0.1, 0.15) is 48.7 Å². The lowest BCUT2D eigenvalue weighted by Gasteiger charge is -2.38. The topological polar surface area (TPSA) is 77.7 Å². The molecule has 1 spiro atoms. The maximum atomic E-state index is 12.9. The summed E-state index contributed by atoms with van der Waals surface area (Å²) in [6.45, 7) is 6.42. The number of piperidine rings is 1. The molecule has 4 rings (SSSR count). The van der Waals surface area contributed by atoms with E-state index in [1.807, 2.05) is 19.9 Å². The lowest BCUT2D eigenvalue weighted by atomic mass is 10.0. The molecule has 2 fully saturated rings. The van der Waals surface area contributed by atoms with E-state index in [4.69, 9.17) is 14.0 Å². The first-order valence-electron chi connectivity index (χ1n) is 8.40. The van der Waals surface area contributed by atoms with Crippen LogP contribution in [0.2, 0.25) is 0 Å². The molecule has 0 bridgehead atoms. The van der Waals surface area contributed by atoms with Crippen molar-refractivity contribution in [2.24, 2.45) is 0 Å². The Bertz CT molecular complexity index is 764. The van der Waals surface area contributed by atoms with Crippen molar-refractivity contribution in [1.82, 2.24) is 15.0 Å². The second-order valence-corrected chi connectivity index (χ2v) is 6.74. The number of amides is 1. The van der Waals surface area contributed by atoms with Gasteiger partial charge in [0.05, 0.1) is 36.4 Å². The molecule has 2 aromatic heterocycles. The zero-order chi connectivity index (χ0) is 16.7. The van der Waals surface area contributed by atoms with E-state index in [1.54, 1.807) is 11.1 Å². The fourth-order valence-corrected chi connectivity index (χ4v) is 3.46. The molecule has 0 radical (unpaired) electrons. The predicted octanol–water partition coefficient (Wildman–Crippen LogP) is 2.33. The summed E-state index contributed by atoms with van der Waals surface area (Å²) in [6, 6.07) is 1.83. The molecule has 2 aromatic rings. The van der Waals surface area contributed by atoms with Gasteiger partial charge in [-0.05, 0) is 18.4 Å². The van der Waals surface area contributed by atoms with Gasteiger partial charge in [0.2, 0.25) is 0 Å². The van der Waals surface area contributed by atoms with E-state index >= 15 is 0 Å². The lowest BCUT2D eigenvalue weighted by Crippen LogP contribution is -2.51. The number of hydrogen-bond donors (Lipinski definition) is 0. The molecule has 7 heteroatoms. The second-order valence-electron chi connectivity index (χ2n) is 6.74. The Hall–Kier alpha value is -1.99. The highest BCUT2D eigenvalue weighted by atomic mass is 16.7. The van der Waals surface area contributed by atoms with Crippen LogP contribution >= 0.6 is 0 Å². The Morgan fingerprint density at radius 2 is 2.12 bits per heavy atom. The summed E-state index contributed by atoms with van der Waals surface area (Å²) in [7, 11) is 0. The highest BCUT2D eigenvalue weighted by Crippen LogP contribution is 2.31. The van der Waals surface area contributed by atoms with Crippen molar-refractivity contribution in [3.05, 3.63) is 23.5 Å². The molecule has 1 amide bonds. The van der Waals surface area contributed by atoms with Crippen LogP contribution in [-0.4, -0.2) is 53.0 Å². The smallest absolute Gasteiger partial charge is 0.257 e. The Morgan fingerprint density at radius 1 is 1.33 bits per heavy atom. The van der Waals surface area contributed by atoms with Crippen LogP contribution in [0.4, 0.5) is 0 Å². The van der Waals surface area contributed by atoms with E-state index in [1.165, 1.54) is 0 Å². The first-order valence-corrected chi connectivity index (χ1v) is 8.40. The molecule has 0 aromatic carbocycles. The molecule has 24 heavy (non-hydrogen) atoms. The van der Waals surface area contributed by atoms with Gasteiger partial charge in [-0.3, -0.25) is 4.79 Å². The van der Waals surface area contributed by atoms with Gasteiger partial charge in [0.25, 0.3) is 11.6 Å². The zero-order valence-electron chi connectivity index (χ0n) is 13.9. The van der Waals surface area contributed by atoms with Crippen LogP contribution in [0.15, 0.2) is 16.8 Å². The Morgan fingerprint density at radius 3 is 2.88 bits per heavy atom. The van der Waals surface area contributed by atoms with Gasteiger partial charge in [-0.25, -0.2) is 4.98 Å². The van der Waals surface area contributed by atoms with Crippen LogP contribution in [0.3, 0.4) is 0 Å². The number of fused-ring (bicyclic) bond motifs is 1. The Kier molecular flexibility index (Phi) is 3.77. The maximum absolute atomic E-state index is 12.9. The van der Waals surface area contributed by atoms with Crippen molar-refractivity contribution in [3.8, 4) is 0 Å². The molecule has 7 nitrogen and oxygen atoms in total. The molecule has 0 unspecified atom stereocenters. The summed E-state index contributed by atoms with van der Waals surface area (Å²) in [5.74, 6) is -0.471. The normalized spacial score (nSPS) is 20.4. The molecule has 0 saturated carbocycles. The van der Waals surface area contributed by atoms with Crippen LogP contribution in [-0.2, 0) is 9.47 Å². The van der Waals surface area contributed by atoms with Gasteiger partial charge >= 0.3 is 0 Å². The third-order valence-electron chi connectivity index (χ3n) is 4.67. The van der Waals surface area contributed by atoms with Crippen molar-refractivity contribution in [3.63, 3.8) is 0 Å². The van der Waals surface area contributed by atoms with Crippen molar-refractivity contribution >= 4 is 17.0 Å². The molecular weight excluding hydrogens is 310 g/mol. The number of likely N-dealkylation sites (tertiary alicyclic amines) is 1. The van der Waals surface area contributed by atoms with E-state index in [0.717, 1.165) is 23.9 Å². The third kappa shape index (κ3) is 2.57. The summed E-state index contributed by atoms with van der Waals surface area (Å²) in [6.07, 6.45) is 3.25. The largest absolute Gasteiger partial charge is 0.346 e. The van der Waals surface area contributed by atoms with Gasteiger partial charge in [-0.2, -0.15) is 0 Å². The molecule has 0 aliphatic carbocycles. The van der Waals surface area contributed by atoms with E-state index < -0.39 is 5.79 Å². The highest BCUT2D eigenvalue weighted by Gasteiger charge is 2.42. The van der Waals surface area contributed by atoms with Crippen molar-refractivity contribution < 1.29 is 18.8 Å². The third-order valence-corrected chi connectivity index (χ3v) is 4.67. The number of hydrogen-bond acceptors (Lipinski definition) is 6. The summed E-state index contributed by atoms with van der Waals surface area (Å²) < 4.78 is 16.7. The van der Waals surface area contributed by atoms with Crippen molar-refractivity contribution in [2.75, 3.05) is 26.3 Å². The predicted molar refractivity (Wildman–Crippen MR) is 85.7 cm³/mol. The first-order chi connectivity index (χ1) is 11.6. The van der Waals surface area contributed by atoms with E-state index in [0.29, 0.717) is 37.6 Å². The monoisotopic (exact) mass is 331 g/mol. The number of carbonyl (C=O) groups excluding carboxylic acids is 1. The zero-order valence-corrected chi connectivity index (χ0v) is 13.9. The Balaban J connectivity index is 1.61. The van der Waals surface area contributed by atoms with E-state index in [9.17, 15) is 4.79 Å². The fourth-order valence-electron chi connectivity index (χ4n) is 3.46. The standard InChI is InChI=1S/C17H21N3O4/c1-11(2)14-13-8-12(9-18-15(13)24-19-14)16(21)20-5-3-4-17(10-20)22-6-7-23-17/h8-9,11H,3-7,10H2,1-2H3.